The monoisotopic (exact) mass is 776 g/mol. The molecule has 0 bridgehead atoms. The van der Waals surface area contributed by atoms with Gasteiger partial charge < -0.3 is 14.8 Å². The van der Waals surface area contributed by atoms with Crippen LogP contribution in [0.15, 0.2) is 212 Å². The maximum atomic E-state index is 3.92. The molecule has 0 aliphatic carbocycles. The molecule has 0 spiro atoms. The van der Waals surface area contributed by atoms with Gasteiger partial charge in [-0.3, -0.25) is 0 Å². The number of fused-ring (bicyclic) bond motifs is 8. The lowest BCUT2D eigenvalue weighted by atomic mass is 9.57. The first-order valence-electron chi connectivity index (χ1n) is 21.0. The fraction of sp³-hybridized carbons (Fsp3) is 0.0175. The van der Waals surface area contributed by atoms with Crippen molar-refractivity contribution in [3.63, 3.8) is 0 Å². The molecule has 0 unspecified atom stereocenters. The van der Waals surface area contributed by atoms with Crippen molar-refractivity contribution < 1.29 is 0 Å². The lowest BCUT2D eigenvalue weighted by Crippen LogP contribution is -2.41. The largest absolute Gasteiger partial charge is 0.354 e. The highest BCUT2D eigenvalue weighted by molar-refractivity contribution is 6.74. The lowest BCUT2D eigenvalue weighted by Gasteiger charge is -2.38. The topological polar surface area (TPSA) is 22.3 Å². The van der Waals surface area contributed by atoms with Crippen molar-refractivity contribution in [1.29, 1.82) is 0 Å². The molecule has 285 valence electrons. The van der Waals surface area contributed by atoms with Gasteiger partial charge in [-0.2, -0.15) is 0 Å². The van der Waals surface area contributed by atoms with Crippen LogP contribution in [-0.4, -0.2) is 12.3 Å². The van der Waals surface area contributed by atoms with Crippen molar-refractivity contribution in [3.8, 4) is 22.3 Å². The molecule has 12 rings (SSSR count). The number of anilines is 6. The summed E-state index contributed by atoms with van der Waals surface area (Å²) in [5.41, 5.74) is 17.3. The van der Waals surface area contributed by atoms with Crippen molar-refractivity contribution in [1.82, 2.24) is 4.98 Å². The minimum atomic E-state index is 1.09. The van der Waals surface area contributed by atoms with E-state index in [1.165, 1.54) is 71.3 Å². The van der Waals surface area contributed by atoms with Crippen LogP contribution < -0.4 is 20.7 Å². The first-order valence-corrected chi connectivity index (χ1v) is 21.0. The number of benzene rings is 10. The SMILES string of the molecule is Cc1ccc(N2c3ccc(N(c4ccccc4)c4ccccc4)cc3[B]c3c(-c4cccc5c4[nH]c4cc6ccccc6cc45)cc4ccccc4c32)c(-c2ccccc2)c1. The molecule has 1 N–H and O–H groups in total. The van der Waals surface area contributed by atoms with Crippen molar-refractivity contribution in [2.45, 2.75) is 6.92 Å². The molecule has 0 amide bonds. The second-order valence-electron chi connectivity index (χ2n) is 16.1. The zero-order chi connectivity index (χ0) is 40.4. The Morgan fingerprint density at radius 3 is 1.84 bits per heavy atom. The maximum absolute atomic E-state index is 3.92. The Hall–Kier alpha value is -7.82. The van der Waals surface area contributed by atoms with Gasteiger partial charge in [0.1, 0.15) is 0 Å². The molecule has 0 fully saturated rings. The molecular formula is C57H39BN3. The van der Waals surface area contributed by atoms with E-state index in [1.54, 1.807) is 0 Å². The number of aromatic amines is 1. The van der Waals surface area contributed by atoms with Crippen LogP contribution in [-0.2, 0) is 0 Å². The summed E-state index contributed by atoms with van der Waals surface area (Å²) in [7, 11) is 2.44. The Bertz CT molecular complexity index is 3430. The van der Waals surface area contributed by atoms with E-state index in [4.69, 9.17) is 0 Å². The molecule has 2 heterocycles. The third-order valence-electron chi connectivity index (χ3n) is 12.4. The number of hydrogen-bond donors (Lipinski definition) is 1. The molecule has 1 aliphatic heterocycles. The van der Waals surface area contributed by atoms with Gasteiger partial charge in [0.15, 0.2) is 7.28 Å². The van der Waals surface area contributed by atoms with Gasteiger partial charge in [0.2, 0.25) is 0 Å². The summed E-state index contributed by atoms with van der Waals surface area (Å²) < 4.78 is 0. The number of rotatable bonds is 6. The van der Waals surface area contributed by atoms with Crippen molar-refractivity contribution >= 4 is 95.7 Å². The second kappa shape index (κ2) is 14.2. The average Bonchev–Trinajstić information content (AvgIpc) is 3.68. The van der Waals surface area contributed by atoms with Crippen molar-refractivity contribution in [2.75, 3.05) is 9.80 Å². The van der Waals surface area contributed by atoms with E-state index in [2.05, 4.69) is 241 Å². The molecular weight excluding hydrogens is 737 g/mol. The van der Waals surface area contributed by atoms with Crippen molar-refractivity contribution in [3.05, 3.63) is 218 Å². The van der Waals surface area contributed by atoms with E-state index in [9.17, 15) is 0 Å². The average molecular weight is 777 g/mol. The fourth-order valence-corrected chi connectivity index (χ4v) is 9.61. The summed E-state index contributed by atoms with van der Waals surface area (Å²) in [5.74, 6) is 0. The summed E-state index contributed by atoms with van der Waals surface area (Å²) in [6.07, 6.45) is 0. The van der Waals surface area contributed by atoms with Crippen LogP contribution in [0.3, 0.4) is 0 Å². The Kier molecular flexibility index (Phi) is 8.17. The Balaban J connectivity index is 1.16. The lowest BCUT2D eigenvalue weighted by molar-refractivity contribution is 1.27. The predicted octanol–water partition coefficient (Wildman–Crippen LogP) is 14.2. The zero-order valence-corrected chi connectivity index (χ0v) is 33.7. The number of nitrogens with one attached hydrogen (secondary N) is 1. The predicted molar refractivity (Wildman–Crippen MR) is 261 cm³/mol. The minimum absolute atomic E-state index is 1.09. The fourth-order valence-electron chi connectivity index (χ4n) is 9.61. The van der Waals surface area contributed by atoms with Gasteiger partial charge in [0.05, 0.1) is 11.2 Å². The molecule has 0 saturated heterocycles. The summed E-state index contributed by atoms with van der Waals surface area (Å²) in [6, 6.07) is 77.4. The van der Waals surface area contributed by atoms with Crippen molar-refractivity contribution in [2.24, 2.45) is 0 Å². The quantitative estimate of drug-likeness (QED) is 0.170. The van der Waals surface area contributed by atoms with E-state index in [0.717, 1.165) is 44.9 Å². The van der Waals surface area contributed by atoms with Gasteiger partial charge in [-0.05, 0) is 112 Å². The van der Waals surface area contributed by atoms with Crippen LogP contribution in [0, 0.1) is 6.92 Å². The number of aromatic nitrogens is 1. The van der Waals surface area contributed by atoms with Gasteiger partial charge in [-0.15, -0.1) is 0 Å². The number of para-hydroxylation sites is 3. The molecule has 0 atom stereocenters. The molecule has 61 heavy (non-hydrogen) atoms. The molecule has 10 aromatic carbocycles. The van der Waals surface area contributed by atoms with Gasteiger partial charge in [0, 0.05) is 61.2 Å². The Labute approximate surface area is 356 Å². The summed E-state index contributed by atoms with van der Waals surface area (Å²) in [4.78, 5) is 8.81. The molecule has 4 heteroatoms. The van der Waals surface area contributed by atoms with E-state index >= 15 is 0 Å². The first-order chi connectivity index (χ1) is 30.2. The zero-order valence-electron chi connectivity index (χ0n) is 33.7. The second-order valence-corrected chi connectivity index (χ2v) is 16.1. The van der Waals surface area contributed by atoms with E-state index in [1.807, 2.05) is 0 Å². The molecule has 1 aliphatic rings. The van der Waals surface area contributed by atoms with Gasteiger partial charge >= 0.3 is 0 Å². The van der Waals surface area contributed by atoms with Crippen LogP contribution in [0.4, 0.5) is 34.1 Å². The summed E-state index contributed by atoms with van der Waals surface area (Å²) in [5, 5.41) is 7.34. The molecule has 1 aromatic heterocycles. The third-order valence-corrected chi connectivity index (χ3v) is 12.4. The minimum Gasteiger partial charge on any atom is -0.354 e. The smallest absolute Gasteiger partial charge is 0.198 e. The van der Waals surface area contributed by atoms with Crippen LogP contribution in [0.2, 0.25) is 0 Å². The molecule has 1 radical (unpaired) electrons. The number of hydrogen-bond acceptors (Lipinski definition) is 2. The maximum Gasteiger partial charge on any atom is 0.198 e. The highest BCUT2D eigenvalue weighted by Crippen LogP contribution is 2.47. The van der Waals surface area contributed by atoms with E-state index < -0.39 is 0 Å². The van der Waals surface area contributed by atoms with E-state index in [0.29, 0.717) is 0 Å². The Morgan fingerprint density at radius 2 is 1.08 bits per heavy atom. The normalized spacial score (nSPS) is 12.1. The van der Waals surface area contributed by atoms with Crippen LogP contribution in [0.5, 0.6) is 0 Å². The summed E-state index contributed by atoms with van der Waals surface area (Å²) in [6.45, 7) is 2.19. The van der Waals surface area contributed by atoms with E-state index in [-0.39, 0.29) is 0 Å². The Morgan fingerprint density at radius 1 is 0.443 bits per heavy atom. The van der Waals surface area contributed by atoms with Gasteiger partial charge in [0.25, 0.3) is 0 Å². The highest BCUT2D eigenvalue weighted by Gasteiger charge is 2.32. The van der Waals surface area contributed by atoms with Gasteiger partial charge in [-0.25, -0.2) is 0 Å². The third kappa shape index (κ3) is 5.83. The van der Waals surface area contributed by atoms with Crippen LogP contribution in [0.25, 0.3) is 65.6 Å². The molecule has 3 nitrogen and oxygen atoms in total. The van der Waals surface area contributed by atoms with Crippen LogP contribution in [0.1, 0.15) is 5.56 Å². The number of nitrogens with zero attached hydrogens (tertiary/aromatic N) is 2. The number of aryl methyl sites for hydroxylation is 1. The van der Waals surface area contributed by atoms with Gasteiger partial charge in [-0.1, -0.05) is 151 Å². The first kappa shape index (κ1) is 35.2. The standard InChI is InChI=1S/C57H39BN3/c1-37-28-30-53(48(32-37)38-16-5-2-6-17-38)61-54-31-29-44(60(42-21-7-3-8-22-42)43-23-9-4-10-24-43)36-51(54)58-55-50(34-41-20-13-14-25-45(41)57(55)61)47-27-15-26-46-49-33-39-18-11-12-19-40(39)35-52(49)59-56(46)47/h2-36,59H,1H3. The summed E-state index contributed by atoms with van der Waals surface area (Å²) >= 11 is 0. The molecule has 0 saturated carbocycles. The highest BCUT2D eigenvalue weighted by atomic mass is 15.2. The number of H-pyrrole nitrogens is 1. The van der Waals surface area contributed by atoms with Crippen LogP contribution >= 0.6 is 0 Å². The molecule has 11 aromatic rings.